The fourth-order valence-electron chi connectivity index (χ4n) is 4.19. The zero-order valence-corrected chi connectivity index (χ0v) is 18.3. The van der Waals surface area contributed by atoms with E-state index in [1.54, 1.807) is 0 Å². The molecule has 28 heavy (non-hydrogen) atoms. The summed E-state index contributed by atoms with van der Waals surface area (Å²) in [6.45, 7) is 10.6. The highest BCUT2D eigenvalue weighted by atomic mass is 35.5. The van der Waals surface area contributed by atoms with Crippen molar-refractivity contribution in [2.45, 2.75) is 53.1 Å². The lowest BCUT2D eigenvalue weighted by atomic mass is 9.98. The normalized spacial score (nSPS) is 14.5. The topological polar surface area (TPSA) is 38.9 Å². The molecule has 0 radical (unpaired) electrons. The molecule has 0 bridgehead atoms. The molecule has 6 heteroatoms. The summed E-state index contributed by atoms with van der Waals surface area (Å²) in [6, 6.07) is 7.10. The number of hydrogen-bond acceptors (Lipinski definition) is 3. The molecule has 0 aliphatic carbocycles. The standard InChI is InChI=1S/C22H29N5.ClH/c1-15(27-18(4)16(2)17(3)24-27)13-26-14-23-12-22(26)20-8-9-21-19(11-20)7-6-10-25(21)5;/h8-9,11-12,14-15H,6-7,10,13H2,1-5H3;1H. The Kier molecular flexibility index (Phi) is 5.84. The first-order valence-electron chi connectivity index (χ1n) is 9.82. The van der Waals surface area contributed by atoms with E-state index in [0.29, 0.717) is 0 Å². The molecule has 1 aromatic carbocycles. The predicted octanol–water partition coefficient (Wildman–Crippen LogP) is 4.74. The summed E-state index contributed by atoms with van der Waals surface area (Å²) in [7, 11) is 2.18. The van der Waals surface area contributed by atoms with Crippen molar-refractivity contribution in [2.24, 2.45) is 0 Å². The lowest BCUT2D eigenvalue weighted by Gasteiger charge is -2.28. The number of benzene rings is 1. The van der Waals surface area contributed by atoms with Gasteiger partial charge in [-0.2, -0.15) is 5.10 Å². The van der Waals surface area contributed by atoms with Crippen LogP contribution < -0.4 is 4.90 Å². The van der Waals surface area contributed by atoms with Gasteiger partial charge in [-0.15, -0.1) is 12.4 Å². The molecular weight excluding hydrogens is 370 g/mol. The second-order valence-corrected chi connectivity index (χ2v) is 7.89. The Hall–Kier alpha value is -2.27. The van der Waals surface area contributed by atoms with E-state index in [1.807, 2.05) is 12.5 Å². The molecule has 5 nitrogen and oxygen atoms in total. The van der Waals surface area contributed by atoms with E-state index in [0.717, 1.165) is 25.2 Å². The summed E-state index contributed by atoms with van der Waals surface area (Å²) in [6.07, 6.45) is 6.30. The van der Waals surface area contributed by atoms with E-state index in [-0.39, 0.29) is 18.4 Å². The van der Waals surface area contributed by atoms with Crippen molar-refractivity contribution < 1.29 is 0 Å². The van der Waals surface area contributed by atoms with Crippen LogP contribution in [0.2, 0.25) is 0 Å². The van der Waals surface area contributed by atoms with Crippen molar-refractivity contribution >= 4 is 18.1 Å². The van der Waals surface area contributed by atoms with Crippen LogP contribution in [0.25, 0.3) is 11.3 Å². The van der Waals surface area contributed by atoms with Crippen molar-refractivity contribution in [2.75, 3.05) is 18.5 Å². The molecule has 1 aliphatic heterocycles. The predicted molar refractivity (Wildman–Crippen MR) is 118 cm³/mol. The van der Waals surface area contributed by atoms with Gasteiger partial charge >= 0.3 is 0 Å². The van der Waals surface area contributed by atoms with E-state index >= 15 is 0 Å². The van der Waals surface area contributed by atoms with Gasteiger partial charge in [0.05, 0.1) is 30.0 Å². The first-order chi connectivity index (χ1) is 13.0. The molecule has 0 saturated carbocycles. The number of nitrogens with zero attached hydrogens (tertiary/aromatic N) is 5. The lowest BCUT2D eigenvalue weighted by Crippen LogP contribution is -2.24. The van der Waals surface area contributed by atoms with E-state index in [2.05, 4.69) is 72.1 Å². The van der Waals surface area contributed by atoms with Gasteiger partial charge in [0.1, 0.15) is 0 Å². The largest absolute Gasteiger partial charge is 0.374 e. The van der Waals surface area contributed by atoms with Crippen molar-refractivity contribution in [1.29, 1.82) is 0 Å². The van der Waals surface area contributed by atoms with Gasteiger partial charge in [-0.3, -0.25) is 4.68 Å². The molecule has 0 saturated heterocycles. The number of anilines is 1. The zero-order chi connectivity index (χ0) is 19.1. The van der Waals surface area contributed by atoms with Gasteiger partial charge in [-0.1, -0.05) is 6.07 Å². The van der Waals surface area contributed by atoms with E-state index in [9.17, 15) is 0 Å². The number of rotatable bonds is 4. The maximum absolute atomic E-state index is 4.74. The van der Waals surface area contributed by atoms with Crippen LogP contribution >= 0.6 is 12.4 Å². The fourth-order valence-corrected chi connectivity index (χ4v) is 4.19. The lowest BCUT2D eigenvalue weighted by molar-refractivity contribution is 0.418. The molecule has 0 N–H and O–H groups in total. The van der Waals surface area contributed by atoms with Crippen molar-refractivity contribution in [1.82, 2.24) is 19.3 Å². The Labute approximate surface area is 173 Å². The number of aryl methyl sites for hydroxylation is 2. The summed E-state index contributed by atoms with van der Waals surface area (Å²) >= 11 is 0. The molecule has 1 unspecified atom stereocenters. The summed E-state index contributed by atoms with van der Waals surface area (Å²) in [5.74, 6) is 0. The van der Waals surface area contributed by atoms with E-state index in [4.69, 9.17) is 5.10 Å². The fraction of sp³-hybridized carbons (Fsp3) is 0.455. The number of fused-ring (bicyclic) bond motifs is 1. The molecule has 1 aliphatic rings. The third kappa shape index (κ3) is 3.55. The number of imidazole rings is 1. The van der Waals surface area contributed by atoms with Crippen LogP contribution in [0.5, 0.6) is 0 Å². The number of halogens is 1. The van der Waals surface area contributed by atoms with E-state index in [1.165, 1.54) is 40.2 Å². The van der Waals surface area contributed by atoms with Crippen LogP contribution in [0.15, 0.2) is 30.7 Å². The van der Waals surface area contributed by atoms with Gasteiger partial charge in [-0.25, -0.2) is 4.98 Å². The van der Waals surface area contributed by atoms with Crippen LogP contribution in [0.3, 0.4) is 0 Å². The number of hydrogen-bond donors (Lipinski definition) is 0. The monoisotopic (exact) mass is 399 g/mol. The Balaban J connectivity index is 0.00000225. The average Bonchev–Trinajstić information content (AvgIpc) is 3.21. The summed E-state index contributed by atoms with van der Waals surface area (Å²) in [5, 5.41) is 4.74. The molecule has 0 spiro atoms. The molecule has 2 aromatic heterocycles. The molecule has 3 aromatic rings. The van der Waals surface area contributed by atoms with Crippen molar-refractivity contribution in [3.8, 4) is 11.3 Å². The van der Waals surface area contributed by atoms with Gasteiger partial charge in [-0.05, 0) is 63.8 Å². The van der Waals surface area contributed by atoms with Crippen LogP contribution in [-0.4, -0.2) is 32.9 Å². The molecule has 1 atom stereocenters. The summed E-state index contributed by atoms with van der Waals surface area (Å²) in [5.41, 5.74) is 8.88. The van der Waals surface area contributed by atoms with Crippen LogP contribution in [0.4, 0.5) is 5.69 Å². The third-order valence-electron chi connectivity index (χ3n) is 6.00. The minimum atomic E-state index is 0. The highest BCUT2D eigenvalue weighted by molar-refractivity contribution is 5.85. The second-order valence-electron chi connectivity index (χ2n) is 7.89. The van der Waals surface area contributed by atoms with Crippen LogP contribution in [0.1, 0.15) is 41.9 Å². The molecule has 150 valence electrons. The first-order valence-corrected chi connectivity index (χ1v) is 9.82. The van der Waals surface area contributed by atoms with Gasteiger partial charge in [0, 0.05) is 37.1 Å². The highest BCUT2D eigenvalue weighted by Crippen LogP contribution is 2.31. The highest BCUT2D eigenvalue weighted by Gasteiger charge is 2.18. The Bertz CT molecular complexity index is 971. The average molecular weight is 400 g/mol. The SMILES string of the molecule is Cc1nn(C(C)Cn2cncc2-c2ccc3c(c2)CCCN3C)c(C)c1C.Cl. The smallest absolute Gasteiger partial charge is 0.0951 e. The van der Waals surface area contributed by atoms with E-state index < -0.39 is 0 Å². The minimum Gasteiger partial charge on any atom is -0.374 e. The molecule has 3 heterocycles. The first kappa shape index (κ1) is 20.5. The van der Waals surface area contributed by atoms with Gasteiger partial charge in [0.25, 0.3) is 0 Å². The van der Waals surface area contributed by atoms with Gasteiger partial charge in [0.2, 0.25) is 0 Å². The molecule has 4 rings (SSSR count). The molecule has 0 fully saturated rings. The molecular formula is C22H30ClN5. The Morgan fingerprint density at radius 1 is 1.18 bits per heavy atom. The quantitative estimate of drug-likeness (QED) is 0.636. The molecule has 0 amide bonds. The number of aromatic nitrogens is 4. The minimum absolute atomic E-state index is 0. The zero-order valence-electron chi connectivity index (χ0n) is 17.4. The van der Waals surface area contributed by atoms with Crippen molar-refractivity contribution in [3.63, 3.8) is 0 Å². The maximum Gasteiger partial charge on any atom is 0.0951 e. The summed E-state index contributed by atoms with van der Waals surface area (Å²) in [4.78, 5) is 6.79. The second kappa shape index (κ2) is 8.00. The van der Waals surface area contributed by atoms with Crippen molar-refractivity contribution in [3.05, 3.63) is 53.2 Å². The maximum atomic E-state index is 4.74. The Morgan fingerprint density at radius 3 is 2.68 bits per heavy atom. The summed E-state index contributed by atoms with van der Waals surface area (Å²) < 4.78 is 4.40. The van der Waals surface area contributed by atoms with Gasteiger partial charge < -0.3 is 9.47 Å². The van der Waals surface area contributed by atoms with Gasteiger partial charge in [0.15, 0.2) is 0 Å². The third-order valence-corrected chi connectivity index (χ3v) is 6.00. The Morgan fingerprint density at radius 2 is 1.96 bits per heavy atom. The van der Waals surface area contributed by atoms with Crippen LogP contribution in [0, 0.1) is 20.8 Å². The van der Waals surface area contributed by atoms with Crippen LogP contribution in [-0.2, 0) is 13.0 Å².